The molecule has 5 rings (SSSR count). The summed E-state index contributed by atoms with van der Waals surface area (Å²) in [6, 6.07) is 18.0. The molecular formula is C26H30N4O3. The van der Waals surface area contributed by atoms with Crippen LogP contribution in [-0.2, 0) is 22.6 Å². The number of aromatic amines is 1. The molecule has 0 unspecified atom stereocenters. The number of carbonyl (C=O) groups excluding carboxylic acids is 2. The molecule has 1 spiro atoms. The molecule has 1 N–H and O–H groups in total. The number of fused-ring (bicyclic) bond motifs is 1. The van der Waals surface area contributed by atoms with Gasteiger partial charge in [0.2, 0.25) is 0 Å². The highest BCUT2D eigenvalue weighted by Gasteiger charge is 2.57. The molecule has 1 aromatic heterocycles. The molecule has 172 valence electrons. The molecule has 0 bridgehead atoms. The van der Waals surface area contributed by atoms with Crippen molar-refractivity contribution in [3.05, 3.63) is 71.9 Å². The number of likely N-dealkylation sites (tertiary alicyclic amines) is 1. The second kappa shape index (κ2) is 9.00. The summed E-state index contributed by atoms with van der Waals surface area (Å²) in [7, 11) is 1.59. The molecule has 0 atom stereocenters. The van der Waals surface area contributed by atoms with Crippen LogP contribution in [0.3, 0.4) is 0 Å². The minimum absolute atomic E-state index is 0.0766. The van der Waals surface area contributed by atoms with Crippen LogP contribution in [0, 0.1) is 0 Å². The number of nitrogens with zero attached hydrogens (tertiary/aromatic N) is 3. The van der Waals surface area contributed by atoms with Crippen LogP contribution in [0.25, 0.3) is 10.9 Å². The maximum atomic E-state index is 13.6. The van der Waals surface area contributed by atoms with Crippen molar-refractivity contribution >= 4 is 22.8 Å². The number of amides is 3. The van der Waals surface area contributed by atoms with Gasteiger partial charge in [-0.25, -0.2) is 4.79 Å². The number of hydrogen-bond acceptors (Lipinski definition) is 4. The monoisotopic (exact) mass is 446 g/mol. The number of imide groups is 1. The number of benzene rings is 2. The van der Waals surface area contributed by atoms with Crippen LogP contribution in [0.15, 0.2) is 60.8 Å². The summed E-state index contributed by atoms with van der Waals surface area (Å²) in [5.74, 6) is -0.0766. The Bertz CT molecular complexity index is 1130. The van der Waals surface area contributed by atoms with Crippen LogP contribution in [0.1, 0.15) is 24.0 Å². The van der Waals surface area contributed by atoms with Gasteiger partial charge in [0, 0.05) is 50.4 Å². The van der Waals surface area contributed by atoms with Crippen LogP contribution in [0.5, 0.6) is 0 Å². The van der Waals surface area contributed by atoms with Crippen molar-refractivity contribution in [2.24, 2.45) is 0 Å². The maximum absolute atomic E-state index is 13.6. The van der Waals surface area contributed by atoms with Crippen LogP contribution >= 0.6 is 0 Å². The number of aromatic nitrogens is 1. The van der Waals surface area contributed by atoms with E-state index >= 15 is 0 Å². The Balaban J connectivity index is 1.35. The van der Waals surface area contributed by atoms with E-state index in [-0.39, 0.29) is 11.9 Å². The molecular weight excluding hydrogens is 416 g/mol. The molecule has 33 heavy (non-hydrogen) atoms. The lowest BCUT2D eigenvalue weighted by molar-refractivity contribution is -0.136. The van der Waals surface area contributed by atoms with Gasteiger partial charge < -0.3 is 14.6 Å². The maximum Gasteiger partial charge on any atom is 0.328 e. The van der Waals surface area contributed by atoms with Gasteiger partial charge in [-0.2, -0.15) is 0 Å². The predicted molar refractivity (Wildman–Crippen MR) is 127 cm³/mol. The summed E-state index contributed by atoms with van der Waals surface area (Å²) in [4.78, 5) is 35.9. The molecule has 3 aromatic rings. The first-order valence-electron chi connectivity index (χ1n) is 11.6. The average molecular weight is 447 g/mol. The fraction of sp³-hybridized carbons (Fsp3) is 0.385. The molecule has 2 fully saturated rings. The minimum atomic E-state index is -0.780. The quantitative estimate of drug-likeness (QED) is 0.563. The lowest BCUT2D eigenvalue weighted by Gasteiger charge is -2.42. The Kier molecular flexibility index (Phi) is 5.91. The van der Waals surface area contributed by atoms with E-state index < -0.39 is 5.54 Å². The summed E-state index contributed by atoms with van der Waals surface area (Å²) in [6.07, 6.45) is 3.35. The van der Waals surface area contributed by atoms with E-state index in [2.05, 4.69) is 34.3 Å². The second-order valence-electron chi connectivity index (χ2n) is 8.97. The first-order chi connectivity index (χ1) is 16.1. The van der Waals surface area contributed by atoms with Gasteiger partial charge in [0.15, 0.2) is 0 Å². The summed E-state index contributed by atoms with van der Waals surface area (Å²) < 4.78 is 5.16. The highest BCUT2D eigenvalue weighted by molar-refractivity contribution is 6.07. The zero-order valence-corrected chi connectivity index (χ0v) is 19.0. The van der Waals surface area contributed by atoms with E-state index in [1.54, 1.807) is 7.11 Å². The van der Waals surface area contributed by atoms with Gasteiger partial charge in [-0.1, -0.05) is 48.5 Å². The standard InChI is InChI=1S/C26H30N4O3/c1-33-16-15-29-24(31)26(30(25(29)32)18-20-7-3-2-4-8-20)11-13-28(14-12-26)19-21-17-27-23-10-6-5-9-22(21)23/h2-10,17,27H,11-16,18-19H2,1H3. The fourth-order valence-corrected chi connectivity index (χ4v) is 5.22. The summed E-state index contributed by atoms with van der Waals surface area (Å²) in [5.41, 5.74) is 2.66. The molecule has 0 aliphatic carbocycles. The van der Waals surface area contributed by atoms with Gasteiger partial charge in [0.05, 0.1) is 13.2 Å². The van der Waals surface area contributed by atoms with Gasteiger partial charge >= 0.3 is 6.03 Å². The highest BCUT2D eigenvalue weighted by Crippen LogP contribution is 2.39. The van der Waals surface area contributed by atoms with Gasteiger partial charge in [-0.15, -0.1) is 0 Å². The van der Waals surface area contributed by atoms with E-state index in [0.717, 1.165) is 30.7 Å². The Hall–Kier alpha value is -3.16. The van der Waals surface area contributed by atoms with Gasteiger partial charge in [0.1, 0.15) is 5.54 Å². The first-order valence-corrected chi connectivity index (χ1v) is 11.6. The number of piperidine rings is 1. The van der Waals surface area contributed by atoms with Gasteiger partial charge in [-0.3, -0.25) is 14.6 Å². The molecule has 3 amide bonds. The van der Waals surface area contributed by atoms with Crippen LogP contribution in [0.4, 0.5) is 4.79 Å². The lowest BCUT2D eigenvalue weighted by Crippen LogP contribution is -2.56. The van der Waals surface area contributed by atoms with Crippen molar-refractivity contribution in [2.75, 3.05) is 33.4 Å². The third kappa shape index (κ3) is 3.92. The second-order valence-corrected chi connectivity index (χ2v) is 8.97. The zero-order chi connectivity index (χ0) is 22.8. The molecule has 2 aromatic carbocycles. The first kappa shape index (κ1) is 21.7. The molecule has 2 aliphatic rings. The van der Waals surface area contributed by atoms with E-state index in [1.807, 2.05) is 41.3 Å². The molecule has 2 aliphatic heterocycles. The number of ether oxygens (including phenoxy) is 1. The number of nitrogens with one attached hydrogen (secondary N) is 1. The topological polar surface area (TPSA) is 68.9 Å². The van der Waals surface area contributed by atoms with E-state index in [9.17, 15) is 9.59 Å². The highest BCUT2D eigenvalue weighted by atomic mass is 16.5. The number of hydrogen-bond donors (Lipinski definition) is 1. The smallest absolute Gasteiger partial charge is 0.328 e. The molecule has 0 saturated carbocycles. The number of methoxy groups -OCH3 is 1. The third-order valence-electron chi connectivity index (χ3n) is 7.08. The summed E-state index contributed by atoms with van der Waals surface area (Å²) >= 11 is 0. The van der Waals surface area contributed by atoms with Crippen molar-refractivity contribution in [1.82, 2.24) is 19.7 Å². The third-order valence-corrected chi connectivity index (χ3v) is 7.08. The van der Waals surface area contributed by atoms with Crippen molar-refractivity contribution in [3.63, 3.8) is 0 Å². The molecule has 2 saturated heterocycles. The molecule has 7 heteroatoms. The van der Waals surface area contributed by atoms with Gasteiger partial charge in [-0.05, 0) is 30.0 Å². The Morgan fingerprint density at radius 3 is 2.45 bits per heavy atom. The van der Waals surface area contributed by atoms with Crippen LogP contribution in [0.2, 0.25) is 0 Å². The Morgan fingerprint density at radius 2 is 1.70 bits per heavy atom. The number of rotatable bonds is 7. The largest absolute Gasteiger partial charge is 0.383 e. The average Bonchev–Trinajstić information content (AvgIpc) is 3.33. The normalized spacial score (nSPS) is 18.7. The number of urea groups is 1. The number of para-hydroxylation sites is 1. The lowest BCUT2D eigenvalue weighted by atomic mass is 9.85. The predicted octanol–water partition coefficient (Wildman–Crippen LogP) is 3.61. The number of carbonyl (C=O) groups is 2. The van der Waals surface area contributed by atoms with Crippen LogP contribution in [-0.4, -0.2) is 70.5 Å². The van der Waals surface area contributed by atoms with E-state index in [4.69, 9.17) is 4.74 Å². The summed E-state index contributed by atoms with van der Waals surface area (Å²) in [5, 5.41) is 1.24. The minimum Gasteiger partial charge on any atom is -0.383 e. The van der Waals surface area contributed by atoms with Crippen LogP contribution < -0.4 is 0 Å². The Labute approximate surface area is 193 Å². The Morgan fingerprint density at radius 1 is 0.970 bits per heavy atom. The summed E-state index contributed by atoms with van der Waals surface area (Å²) in [6.45, 7) is 3.44. The SMILES string of the molecule is COCCN1C(=O)N(Cc2ccccc2)C2(CCN(Cc3c[nH]c4ccccc34)CC2)C1=O. The van der Waals surface area contributed by atoms with Crippen molar-refractivity contribution in [2.45, 2.75) is 31.5 Å². The zero-order valence-electron chi connectivity index (χ0n) is 19.0. The molecule has 7 nitrogen and oxygen atoms in total. The fourth-order valence-electron chi connectivity index (χ4n) is 5.22. The van der Waals surface area contributed by atoms with Gasteiger partial charge in [0.25, 0.3) is 5.91 Å². The number of H-pyrrole nitrogens is 1. The molecule has 3 heterocycles. The van der Waals surface area contributed by atoms with Crippen molar-refractivity contribution in [1.29, 1.82) is 0 Å². The van der Waals surface area contributed by atoms with E-state index in [1.165, 1.54) is 15.8 Å². The van der Waals surface area contributed by atoms with Crippen molar-refractivity contribution in [3.8, 4) is 0 Å². The molecule has 0 radical (unpaired) electrons. The van der Waals surface area contributed by atoms with E-state index in [0.29, 0.717) is 32.5 Å². The van der Waals surface area contributed by atoms with Crippen molar-refractivity contribution < 1.29 is 14.3 Å².